The average Bonchev–Trinajstić information content (AvgIpc) is 2.38. The van der Waals surface area contributed by atoms with Crippen molar-refractivity contribution in [3.8, 4) is 0 Å². The number of hydrogen-bond donors (Lipinski definition) is 1. The summed E-state index contributed by atoms with van der Waals surface area (Å²) in [5.41, 5.74) is 0.792. The highest BCUT2D eigenvalue weighted by molar-refractivity contribution is 7.99. The minimum absolute atomic E-state index is 0.424. The number of halogens is 1. The third-order valence-corrected chi connectivity index (χ3v) is 3.78. The van der Waals surface area contributed by atoms with Crippen LogP contribution in [0.3, 0.4) is 0 Å². The second-order valence-corrected chi connectivity index (χ2v) is 5.22. The van der Waals surface area contributed by atoms with Gasteiger partial charge in [-0.2, -0.15) is 4.73 Å². The summed E-state index contributed by atoms with van der Waals surface area (Å²) in [4.78, 5) is 0. The predicted molar refractivity (Wildman–Crippen MR) is 72.5 cm³/mol. The molecular weight excluding hydrogens is 270 g/mol. The molecule has 0 aliphatic rings. The molecule has 5 heteroatoms. The van der Waals surface area contributed by atoms with Crippen LogP contribution < -0.4 is 4.73 Å². The standard InChI is InChI=1S/C13H12ClNO2S/c14-11-6-4-10(5-7-11)12(16)9-18-13-3-1-2-8-15(13)17/h1-8,12,16H,9H2. The third-order valence-electron chi connectivity index (χ3n) is 2.43. The summed E-state index contributed by atoms with van der Waals surface area (Å²) in [5, 5.41) is 22.6. The number of thioether (sulfide) groups is 1. The first kappa shape index (κ1) is 13.2. The summed E-state index contributed by atoms with van der Waals surface area (Å²) in [6.45, 7) is 0. The maximum atomic E-state index is 11.4. The lowest BCUT2D eigenvalue weighted by atomic mass is 10.1. The van der Waals surface area contributed by atoms with Gasteiger partial charge >= 0.3 is 0 Å². The van der Waals surface area contributed by atoms with Crippen LogP contribution >= 0.6 is 23.4 Å². The fourth-order valence-corrected chi connectivity index (χ4v) is 2.48. The van der Waals surface area contributed by atoms with E-state index in [1.807, 2.05) is 0 Å². The fraction of sp³-hybridized carbons (Fsp3) is 0.154. The number of aliphatic hydroxyl groups is 1. The smallest absolute Gasteiger partial charge is 0.251 e. The number of aromatic nitrogens is 1. The summed E-state index contributed by atoms with van der Waals surface area (Å²) in [6, 6.07) is 12.2. The summed E-state index contributed by atoms with van der Waals surface area (Å²) in [7, 11) is 0. The van der Waals surface area contributed by atoms with Gasteiger partial charge in [-0.25, -0.2) is 0 Å². The van der Waals surface area contributed by atoms with E-state index in [4.69, 9.17) is 11.6 Å². The quantitative estimate of drug-likeness (QED) is 0.532. The molecule has 0 aliphatic heterocycles. The van der Waals surface area contributed by atoms with Gasteiger partial charge in [0.1, 0.15) is 0 Å². The second-order valence-electron chi connectivity index (χ2n) is 3.74. The van der Waals surface area contributed by atoms with Crippen LogP contribution in [0.4, 0.5) is 0 Å². The van der Waals surface area contributed by atoms with Crippen molar-refractivity contribution >= 4 is 23.4 Å². The first-order valence-electron chi connectivity index (χ1n) is 5.41. The Bertz CT molecular complexity index is 519. The van der Waals surface area contributed by atoms with E-state index in [0.29, 0.717) is 15.8 Å². The minimum atomic E-state index is -0.618. The molecule has 1 aromatic heterocycles. The highest BCUT2D eigenvalue weighted by Crippen LogP contribution is 2.23. The zero-order chi connectivity index (χ0) is 13.0. The van der Waals surface area contributed by atoms with Crippen LogP contribution in [0.2, 0.25) is 5.02 Å². The van der Waals surface area contributed by atoms with Crippen LogP contribution in [0.15, 0.2) is 53.7 Å². The van der Waals surface area contributed by atoms with Crippen LogP contribution in [0, 0.1) is 5.21 Å². The molecule has 2 aromatic rings. The number of benzene rings is 1. The second kappa shape index (κ2) is 6.09. The predicted octanol–water partition coefficient (Wildman–Crippen LogP) is 2.80. The highest BCUT2D eigenvalue weighted by Gasteiger charge is 2.11. The minimum Gasteiger partial charge on any atom is -0.618 e. The van der Waals surface area contributed by atoms with Gasteiger partial charge in [0, 0.05) is 22.9 Å². The molecular formula is C13H12ClNO2S. The molecule has 0 amide bonds. The zero-order valence-electron chi connectivity index (χ0n) is 9.49. The monoisotopic (exact) mass is 281 g/mol. The van der Waals surface area contributed by atoms with Gasteiger partial charge in [-0.3, -0.25) is 0 Å². The molecule has 0 aliphatic carbocycles. The first-order chi connectivity index (χ1) is 8.66. The number of rotatable bonds is 4. The van der Waals surface area contributed by atoms with Gasteiger partial charge in [0.15, 0.2) is 6.20 Å². The van der Waals surface area contributed by atoms with Crippen molar-refractivity contribution in [2.24, 2.45) is 0 Å². The number of nitrogens with zero attached hydrogens (tertiary/aromatic N) is 1. The molecule has 94 valence electrons. The van der Waals surface area contributed by atoms with Gasteiger partial charge in [-0.1, -0.05) is 35.5 Å². The molecule has 0 saturated heterocycles. The fourth-order valence-electron chi connectivity index (χ4n) is 1.47. The maximum Gasteiger partial charge on any atom is 0.251 e. The highest BCUT2D eigenvalue weighted by atomic mass is 35.5. The molecule has 1 aromatic carbocycles. The molecule has 1 heterocycles. The number of aliphatic hydroxyl groups excluding tert-OH is 1. The van der Waals surface area contributed by atoms with E-state index in [2.05, 4.69) is 0 Å². The SMILES string of the molecule is [O-][n+]1ccccc1SCC(O)c1ccc(Cl)cc1. The lowest BCUT2D eigenvalue weighted by Gasteiger charge is -2.10. The Balaban J connectivity index is 1.98. The molecule has 1 unspecified atom stereocenters. The van der Waals surface area contributed by atoms with Crippen LogP contribution in [0.5, 0.6) is 0 Å². The van der Waals surface area contributed by atoms with E-state index < -0.39 is 6.10 Å². The zero-order valence-corrected chi connectivity index (χ0v) is 11.1. The van der Waals surface area contributed by atoms with E-state index >= 15 is 0 Å². The van der Waals surface area contributed by atoms with E-state index in [-0.39, 0.29) is 0 Å². The lowest BCUT2D eigenvalue weighted by Crippen LogP contribution is -2.28. The number of pyridine rings is 1. The molecule has 0 radical (unpaired) electrons. The third kappa shape index (κ3) is 3.38. The van der Waals surface area contributed by atoms with Gasteiger partial charge in [-0.15, -0.1) is 0 Å². The van der Waals surface area contributed by atoms with Gasteiger partial charge in [-0.05, 0) is 23.8 Å². The summed E-state index contributed by atoms with van der Waals surface area (Å²) < 4.78 is 0.791. The Morgan fingerprint density at radius 2 is 1.94 bits per heavy atom. The molecule has 1 N–H and O–H groups in total. The Labute approximate surface area is 115 Å². The molecule has 18 heavy (non-hydrogen) atoms. The first-order valence-corrected chi connectivity index (χ1v) is 6.77. The maximum absolute atomic E-state index is 11.4. The Hall–Kier alpha value is -1.23. The molecule has 2 rings (SSSR count). The lowest BCUT2D eigenvalue weighted by molar-refractivity contribution is -0.645. The average molecular weight is 282 g/mol. The molecule has 1 atom stereocenters. The van der Waals surface area contributed by atoms with E-state index in [1.54, 1.807) is 42.5 Å². The molecule has 0 bridgehead atoms. The normalized spacial score (nSPS) is 12.3. The van der Waals surface area contributed by atoms with Gasteiger partial charge < -0.3 is 10.3 Å². The summed E-state index contributed by atoms with van der Waals surface area (Å²) in [6.07, 6.45) is 0.823. The van der Waals surface area contributed by atoms with E-state index in [0.717, 1.165) is 10.3 Å². The van der Waals surface area contributed by atoms with Crippen molar-refractivity contribution in [1.29, 1.82) is 0 Å². The van der Waals surface area contributed by atoms with Crippen LogP contribution in [-0.4, -0.2) is 10.9 Å². The Morgan fingerprint density at radius 3 is 2.61 bits per heavy atom. The van der Waals surface area contributed by atoms with Crippen molar-refractivity contribution in [2.45, 2.75) is 11.1 Å². The topological polar surface area (TPSA) is 47.2 Å². The van der Waals surface area contributed by atoms with Gasteiger partial charge in [0.05, 0.1) is 6.10 Å². The van der Waals surface area contributed by atoms with Gasteiger partial charge in [0.25, 0.3) is 5.03 Å². The summed E-state index contributed by atoms with van der Waals surface area (Å²) in [5.74, 6) is 0.424. The molecule has 0 saturated carbocycles. The van der Waals surface area contributed by atoms with Gasteiger partial charge in [0.2, 0.25) is 0 Å². The van der Waals surface area contributed by atoms with Crippen LogP contribution in [0.1, 0.15) is 11.7 Å². The molecule has 0 fully saturated rings. The summed E-state index contributed by atoms with van der Waals surface area (Å²) >= 11 is 7.10. The largest absolute Gasteiger partial charge is 0.618 e. The van der Waals surface area contributed by atoms with Crippen molar-refractivity contribution in [3.63, 3.8) is 0 Å². The Kier molecular flexibility index (Phi) is 4.47. The number of hydrogen-bond acceptors (Lipinski definition) is 3. The van der Waals surface area contributed by atoms with E-state index in [1.165, 1.54) is 18.0 Å². The van der Waals surface area contributed by atoms with Crippen molar-refractivity contribution < 1.29 is 9.84 Å². The van der Waals surface area contributed by atoms with Crippen LogP contribution in [0.25, 0.3) is 0 Å². The van der Waals surface area contributed by atoms with Crippen molar-refractivity contribution in [3.05, 3.63) is 64.5 Å². The molecule has 3 nitrogen and oxygen atoms in total. The van der Waals surface area contributed by atoms with E-state index in [9.17, 15) is 10.3 Å². The van der Waals surface area contributed by atoms with Crippen molar-refractivity contribution in [2.75, 3.05) is 5.75 Å². The molecule has 0 spiro atoms. The van der Waals surface area contributed by atoms with Crippen molar-refractivity contribution in [1.82, 2.24) is 0 Å². The van der Waals surface area contributed by atoms with Crippen LogP contribution in [-0.2, 0) is 0 Å². The Morgan fingerprint density at radius 1 is 1.22 bits per heavy atom.